The Morgan fingerprint density at radius 3 is 2.57 bits per heavy atom. The monoisotopic (exact) mass is 414 g/mol. The maximum atomic E-state index is 10.7. The normalized spacial score (nSPS) is 11.4. The van der Waals surface area contributed by atoms with Gasteiger partial charge in [0.15, 0.2) is 0 Å². The minimum Gasteiger partial charge on any atom is -0.488 e. The first kappa shape index (κ1) is 20.0. The Labute approximate surface area is 172 Å². The van der Waals surface area contributed by atoms with E-state index in [9.17, 15) is 4.79 Å². The second kappa shape index (κ2) is 9.48. The summed E-state index contributed by atoms with van der Waals surface area (Å²) in [7, 11) is 0. The van der Waals surface area contributed by atoms with Crippen LogP contribution in [0.4, 0.5) is 0 Å². The number of aliphatic carboxylic acids is 1. The first-order chi connectivity index (χ1) is 13.5. The van der Waals surface area contributed by atoms with E-state index in [0.29, 0.717) is 18.1 Å². The lowest BCUT2D eigenvalue weighted by Gasteiger charge is -2.07. The molecule has 28 heavy (non-hydrogen) atoms. The quantitative estimate of drug-likeness (QED) is 0.499. The summed E-state index contributed by atoms with van der Waals surface area (Å²) in [5, 5.41) is 13.6. The van der Waals surface area contributed by atoms with Crippen LogP contribution < -0.4 is 4.74 Å². The predicted octanol–water partition coefficient (Wildman–Crippen LogP) is 5.40. The maximum absolute atomic E-state index is 10.7. The minimum atomic E-state index is -0.906. The first-order valence-corrected chi connectivity index (χ1v) is 9.85. The average Bonchev–Trinajstić information content (AvgIpc) is 3.14. The molecular formula is C21H19ClN2O3S. The Morgan fingerprint density at radius 2 is 1.89 bits per heavy atom. The smallest absolute Gasteiger partial charge is 0.328 e. The molecule has 1 heterocycles. The minimum absolute atomic E-state index is 0.384. The van der Waals surface area contributed by atoms with E-state index >= 15 is 0 Å². The Morgan fingerprint density at radius 1 is 1.18 bits per heavy atom. The Hall–Kier alpha value is -2.70. The van der Waals surface area contributed by atoms with Crippen LogP contribution >= 0.6 is 23.1 Å². The fourth-order valence-corrected chi connectivity index (χ4v) is 3.36. The SMILES string of the molecule is CC(=CC(=O)O)CCc1ccc(OCc2snnc2-c2ccc(Cl)cc2)cc1. The molecule has 0 bridgehead atoms. The molecule has 0 radical (unpaired) electrons. The van der Waals surface area contributed by atoms with Crippen LogP contribution in [0.2, 0.25) is 5.02 Å². The van der Waals surface area contributed by atoms with Crippen LogP contribution in [0.3, 0.4) is 0 Å². The summed E-state index contributed by atoms with van der Waals surface area (Å²) in [5.41, 5.74) is 3.74. The molecule has 3 rings (SSSR count). The highest BCUT2D eigenvalue weighted by Gasteiger charge is 2.11. The number of hydrogen-bond donors (Lipinski definition) is 1. The number of ether oxygens (including phenoxy) is 1. The van der Waals surface area contributed by atoms with Crippen LogP contribution in [-0.4, -0.2) is 20.7 Å². The van der Waals surface area contributed by atoms with E-state index in [1.807, 2.05) is 55.5 Å². The molecule has 144 valence electrons. The van der Waals surface area contributed by atoms with Crippen molar-refractivity contribution < 1.29 is 14.6 Å². The third-order valence-electron chi connectivity index (χ3n) is 4.14. The van der Waals surface area contributed by atoms with Crippen LogP contribution in [0.25, 0.3) is 11.3 Å². The average molecular weight is 415 g/mol. The van der Waals surface area contributed by atoms with Gasteiger partial charge in [-0.2, -0.15) is 0 Å². The van der Waals surface area contributed by atoms with Crippen molar-refractivity contribution in [2.45, 2.75) is 26.4 Å². The molecule has 0 aliphatic rings. The van der Waals surface area contributed by atoms with Crippen LogP contribution in [0, 0.1) is 0 Å². The second-order valence-corrected chi connectivity index (χ2v) is 7.59. The van der Waals surface area contributed by atoms with Gasteiger partial charge in [0, 0.05) is 16.7 Å². The summed E-state index contributed by atoms with van der Waals surface area (Å²) in [6, 6.07) is 15.3. The number of halogens is 1. The van der Waals surface area contributed by atoms with Gasteiger partial charge in [-0.25, -0.2) is 4.79 Å². The van der Waals surface area contributed by atoms with Gasteiger partial charge in [0.2, 0.25) is 0 Å². The van der Waals surface area contributed by atoms with Gasteiger partial charge in [-0.15, -0.1) is 5.10 Å². The number of carboxylic acids is 1. The first-order valence-electron chi connectivity index (χ1n) is 8.70. The maximum Gasteiger partial charge on any atom is 0.328 e. The van der Waals surface area contributed by atoms with Gasteiger partial charge in [-0.3, -0.25) is 0 Å². The van der Waals surface area contributed by atoms with Gasteiger partial charge in [-0.1, -0.05) is 45.9 Å². The largest absolute Gasteiger partial charge is 0.488 e. The van der Waals surface area contributed by atoms with Crippen molar-refractivity contribution in [2.24, 2.45) is 0 Å². The van der Waals surface area contributed by atoms with Crippen LogP contribution in [0.5, 0.6) is 5.75 Å². The lowest BCUT2D eigenvalue weighted by Crippen LogP contribution is -1.96. The van der Waals surface area contributed by atoms with Crippen molar-refractivity contribution in [1.82, 2.24) is 9.59 Å². The highest BCUT2D eigenvalue weighted by atomic mass is 35.5. The van der Waals surface area contributed by atoms with Crippen molar-refractivity contribution in [3.05, 3.63) is 75.6 Å². The number of benzene rings is 2. The molecule has 5 nitrogen and oxygen atoms in total. The number of allylic oxidation sites excluding steroid dienone is 1. The molecule has 0 spiro atoms. The zero-order valence-electron chi connectivity index (χ0n) is 15.3. The van der Waals surface area contributed by atoms with Crippen LogP contribution in [-0.2, 0) is 17.8 Å². The summed E-state index contributed by atoms with van der Waals surface area (Å²) in [5.74, 6) is -0.145. The van der Waals surface area contributed by atoms with E-state index in [2.05, 4.69) is 9.59 Å². The number of rotatable bonds is 8. The Balaban J connectivity index is 1.58. The lowest BCUT2D eigenvalue weighted by atomic mass is 10.1. The van der Waals surface area contributed by atoms with Crippen molar-refractivity contribution in [1.29, 1.82) is 0 Å². The number of aromatic nitrogens is 2. The zero-order valence-corrected chi connectivity index (χ0v) is 16.8. The molecule has 0 saturated heterocycles. The van der Waals surface area contributed by atoms with E-state index in [-0.39, 0.29) is 0 Å². The van der Waals surface area contributed by atoms with E-state index in [4.69, 9.17) is 21.4 Å². The topological polar surface area (TPSA) is 72.3 Å². The number of carbonyl (C=O) groups is 1. The number of aryl methyl sites for hydroxylation is 1. The molecule has 1 aromatic heterocycles. The van der Waals surface area contributed by atoms with E-state index in [1.165, 1.54) is 17.6 Å². The zero-order chi connectivity index (χ0) is 19.9. The van der Waals surface area contributed by atoms with Gasteiger partial charge in [0.25, 0.3) is 0 Å². The third-order valence-corrected chi connectivity index (χ3v) is 5.09. The van der Waals surface area contributed by atoms with Gasteiger partial charge in [0.05, 0.1) is 4.88 Å². The molecule has 7 heteroatoms. The van der Waals surface area contributed by atoms with Gasteiger partial charge in [-0.05, 0) is 61.1 Å². The summed E-state index contributed by atoms with van der Waals surface area (Å²) in [6.45, 7) is 2.21. The van der Waals surface area contributed by atoms with E-state index in [0.717, 1.165) is 39.4 Å². The van der Waals surface area contributed by atoms with Crippen LogP contribution in [0.15, 0.2) is 60.2 Å². The van der Waals surface area contributed by atoms with Gasteiger partial charge in [0.1, 0.15) is 18.1 Å². The van der Waals surface area contributed by atoms with Crippen LogP contribution in [0.1, 0.15) is 23.8 Å². The number of hydrogen-bond acceptors (Lipinski definition) is 5. The molecule has 2 aromatic carbocycles. The molecule has 0 fully saturated rings. The summed E-state index contributed by atoms with van der Waals surface area (Å²) >= 11 is 7.26. The van der Waals surface area contributed by atoms with Crippen molar-refractivity contribution >= 4 is 29.1 Å². The summed E-state index contributed by atoms with van der Waals surface area (Å²) in [4.78, 5) is 11.6. The fraction of sp³-hybridized carbons (Fsp3) is 0.190. The Kier molecular flexibility index (Phi) is 6.79. The molecule has 0 aliphatic heterocycles. The fourth-order valence-electron chi connectivity index (χ4n) is 2.66. The molecule has 0 unspecified atom stereocenters. The summed E-state index contributed by atoms with van der Waals surface area (Å²) < 4.78 is 9.92. The molecule has 0 amide bonds. The lowest BCUT2D eigenvalue weighted by molar-refractivity contribution is -0.131. The van der Waals surface area contributed by atoms with Crippen molar-refractivity contribution in [2.75, 3.05) is 0 Å². The highest BCUT2D eigenvalue weighted by Crippen LogP contribution is 2.26. The van der Waals surface area contributed by atoms with Crippen molar-refractivity contribution in [3.8, 4) is 17.0 Å². The van der Waals surface area contributed by atoms with E-state index < -0.39 is 5.97 Å². The second-order valence-electron chi connectivity index (χ2n) is 6.31. The third kappa shape index (κ3) is 5.65. The standard InChI is InChI=1S/C21H19ClN2O3S/c1-14(12-20(25)26)2-3-15-4-10-18(11-5-15)27-13-19-21(23-24-28-19)16-6-8-17(22)9-7-16/h4-12H,2-3,13H2,1H3,(H,25,26). The van der Waals surface area contributed by atoms with Gasteiger partial charge >= 0.3 is 5.97 Å². The Bertz CT molecular complexity index is 966. The highest BCUT2D eigenvalue weighted by molar-refractivity contribution is 7.05. The van der Waals surface area contributed by atoms with Gasteiger partial charge < -0.3 is 9.84 Å². The molecule has 0 atom stereocenters. The summed E-state index contributed by atoms with van der Waals surface area (Å²) in [6.07, 6.45) is 2.75. The van der Waals surface area contributed by atoms with Crippen molar-refractivity contribution in [3.63, 3.8) is 0 Å². The number of carboxylic acid groups (broad SMARTS) is 1. The molecule has 3 aromatic rings. The number of nitrogens with zero attached hydrogens (tertiary/aromatic N) is 2. The van der Waals surface area contributed by atoms with E-state index in [1.54, 1.807) is 0 Å². The molecule has 1 N–H and O–H groups in total. The molecule has 0 aliphatic carbocycles. The molecular weight excluding hydrogens is 396 g/mol. The molecule has 0 saturated carbocycles. The predicted molar refractivity (Wildman–Crippen MR) is 111 cm³/mol.